The van der Waals surface area contributed by atoms with Gasteiger partial charge >= 0.3 is 11.8 Å². The summed E-state index contributed by atoms with van der Waals surface area (Å²) in [6.07, 6.45) is 0. The molecule has 0 aromatic heterocycles. The number of nitrogens with zero attached hydrogens (tertiary/aromatic N) is 2. The molecule has 26 heavy (non-hydrogen) atoms. The van der Waals surface area contributed by atoms with Crippen LogP contribution in [0.15, 0.2) is 28.7 Å². The minimum atomic E-state index is -0.394. The van der Waals surface area contributed by atoms with E-state index in [4.69, 9.17) is 0 Å². The van der Waals surface area contributed by atoms with Gasteiger partial charge in [0.05, 0.1) is 0 Å². The van der Waals surface area contributed by atoms with E-state index in [1.165, 1.54) is 14.9 Å². The Labute approximate surface area is 195 Å². The molecule has 6 heteroatoms. The Morgan fingerprint density at radius 3 is 1.88 bits per heavy atom. The van der Waals surface area contributed by atoms with Crippen molar-refractivity contribution in [3.05, 3.63) is 34.3 Å². The normalized spacial score (nSPS) is 12.9. The van der Waals surface area contributed by atoms with Crippen LogP contribution in [0.25, 0.3) is 0 Å². The van der Waals surface area contributed by atoms with Gasteiger partial charge in [0, 0.05) is 63.4 Å². The Bertz CT molecular complexity index is 536. The van der Waals surface area contributed by atoms with E-state index >= 15 is 0 Å². The minimum absolute atomic E-state index is 0. The molecule has 0 saturated carbocycles. The number of carbonyl (C=O) groups excluding carboxylic acids is 2. The quantitative estimate of drug-likeness (QED) is 0.520. The standard InChI is InChI=1S/C9H11Br.C8H14N2O2.3CH4.Y/c1-7(2)8-4-3-5-9(10)6-8;1-6(2)10-5-4-9(3)7(11)8(10)12;;;;/h3-7H,1-2H3;6H,4-5H2,1-3H3;3*1H4;. The van der Waals surface area contributed by atoms with Crippen LogP contribution in [0.2, 0.25) is 0 Å². The molecule has 2 rings (SSSR count). The largest absolute Gasteiger partial charge is 0.336 e. The van der Waals surface area contributed by atoms with Crippen molar-refractivity contribution >= 4 is 27.7 Å². The van der Waals surface area contributed by atoms with Crippen LogP contribution >= 0.6 is 15.9 Å². The maximum atomic E-state index is 11.3. The molecule has 0 N–H and O–H groups in total. The summed E-state index contributed by atoms with van der Waals surface area (Å²) in [5, 5.41) is 0. The van der Waals surface area contributed by atoms with E-state index in [1.54, 1.807) is 11.9 Å². The number of piperazine rings is 1. The van der Waals surface area contributed by atoms with E-state index in [1.807, 2.05) is 19.9 Å². The molecule has 0 aliphatic carbocycles. The van der Waals surface area contributed by atoms with Crippen LogP contribution < -0.4 is 0 Å². The molecular formula is C20H37BrN2O2Y. The molecule has 0 spiro atoms. The second-order valence-electron chi connectivity index (χ2n) is 6.03. The maximum Gasteiger partial charge on any atom is 0.312 e. The van der Waals surface area contributed by atoms with Gasteiger partial charge in [0.2, 0.25) is 0 Å². The Morgan fingerprint density at radius 2 is 1.50 bits per heavy atom. The van der Waals surface area contributed by atoms with E-state index in [2.05, 4.69) is 48.0 Å². The maximum absolute atomic E-state index is 11.3. The molecule has 2 amide bonds. The summed E-state index contributed by atoms with van der Waals surface area (Å²) in [5.74, 6) is -0.147. The van der Waals surface area contributed by atoms with Crippen LogP contribution in [0.5, 0.6) is 0 Å². The third kappa shape index (κ3) is 10.2. The van der Waals surface area contributed by atoms with Gasteiger partial charge in [-0.2, -0.15) is 0 Å². The van der Waals surface area contributed by atoms with E-state index in [-0.39, 0.29) is 66.9 Å². The summed E-state index contributed by atoms with van der Waals surface area (Å²) in [7, 11) is 1.65. The molecule has 4 nitrogen and oxygen atoms in total. The van der Waals surface area contributed by atoms with Crippen LogP contribution in [-0.2, 0) is 42.3 Å². The van der Waals surface area contributed by atoms with Crippen molar-refractivity contribution in [3.63, 3.8) is 0 Å². The zero-order valence-electron chi connectivity index (χ0n) is 14.5. The predicted molar refractivity (Wildman–Crippen MR) is 113 cm³/mol. The van der Waals surface area contributed by atoms with Gasteiger partial charge in [0.15, 0.2) is 0 Å². The first kappa shape index (κ1) is 33.3. The number of likely N-dealkylation sites (N-methyl/N-ethyl adjacent to an activating group) is 1. The number of benzene rings is 1. The molecular weight excluding hydrogens is 469 g/mol. The number of hydrogen-bond donors (Lipinski definition) is 0. The summed E-state index contributed by atoms with van der Waals surface area (Å²) in [6, 6.07) is 8.54. The fourth-order valence-electron chi connectivity index (χ4n) is 2.11. The molecule has 1 radical (unpaired) electrons. The Balaban J connectivity index is -0.000000163. The predicted octanol–water partition coefficient (Wildman–Crippen LogP) is 5.17. The number of amides is 2. The van der Waals surface area contributed by atoms with Gasteiger partial charge in [-0.15, -0.1) is 0 Å². The van der Waals surface area contributed by atoms with Crippen LogP contribution in [0.1, 0.15) is 61.5 Å². The first-order valence-corrected chi connectivity index (χ1v) is 8.34. The molecule has 1 saturated heterocycles. The van der Waals surface area contributed by atoms with Crippen LogP contribution in [0, 0.1) is 0 Å². The van der Waals surface area contributed by atoms with Crippen molar-refractivity contribution in [1.82, 2.24) is 9.80 Å². The van der Waals surface area contributed by atoms with Crippen LogP contribution in [-0.4, -0.2) is 47.8 Å². The number of halogens is 1. The van der Waals surface area contributed by atoms with Crippen molar-refractivity contribution in [3.8, 4) is 0 Å². The Kier molecular flexibility index (Phi) is 20.2. The molecule has 0 atom stereocenters. The smallest absolute Gasteiger partial charge is 0.312 e. The molecule has 1 heterocycles. The number of hydrogen-bond acceptors (Lipinski definition) is 2. The molecule has 0 bridgehead atoms. The SMILES string of the molecule is C.C.C.CC(C)N1CCN(C)C(=O)C1=O.CC(C)c1cccc(Br)c1.[Y]. The monoisotopic (exact) mass is 505 g/mol. The Morgan fingerprint density at radius 1 is 0.962 bits per heavy atom. The average molecular weight is 506 g/mol. The molecule has 149 valence electrons. The second-order valence-corrected chi connectivity index (χ2v) is 6.94. The minimum Gasteiger partial charge on any atom is -0.336 e. The van der Waals surface area contributed by atoms with Crippen molar-refractivity contribution in [2.75, 3.05) is 20.1 Å². The summed E-state index contributed by atoms with van der Waals surface area (Å²) in [6.45, 7) is 9.51. The van der Waals surface area contributed by atoms with Crippen molar-refractivity contribution in [2.24, 2.45) is 0 Å². The molecule has 1 aliphatic rings. The summed E-state index contributed by atoms with van der Waals surface area (Å²) in [5.41, 5.74) is 1.38. The topological polar surface area (TPSA) is 40.6 Å². The van der Waals surface area contributed by atoms with Gasteiger partial charge in [-0.25, -0.2) is 0 Å². The van der Waals surface area contributed by atoms with Gasteiger partial charge in [-0.3, -0.25) is 9.59 Å². The molecule has 1 fully saturated rings. The Hall–Kier alpha value is -0.256. The zero-order valence-corrected chi connectivity index (χ0v) is 19.0. The molecule has 1 aromatic rings. The van der Waals surface area contributed by atoms with E-state index in [0.29, 0.717) is 19.0 Å². The summed E-state index contributed by atoms with van der Waals surface area (Å²) >= 11 is 3.43. The number of rotatable bonds is 2. The van der Waals surface area contributed by atoms with Gasteiger partial charge in [0.25, 0.3) is 0 Å². The van der Waals surface area contributed by atoms with Gasteiger partial charge < -0.3 is 9.80 Å². The van der Waals surface area contributed by atoms with Crippen molar-refractivity contribution < 1.29 is 42.3 Å². The van der Waals surface area contributed by atoms with Crippen LogP contribution in [0.4, 0.5) is 0 Å². The van der Waals surface area contributed by atoms with Crippen molar-refractivity contribution in [1.29, 1.82) is 0 Å². The molecule has 1 aromatic carbocycles. The fraction of sp³-hybridized carbons (Fsp3) is 0.600. The van der Waals surface area contributed by atoms with Gasteiger partial charge in [0.1, 0.15) is 0 Å². The third-order valence-electron chi connectivity index (χ3n) is 3.61. The van der Waals surface area contributed by atoms with Crippen molar-refractivity contribution in [2.45, 2.75) is 61.9 Å². The average Bonchev–Trinajstić information content (AvgIpc) is 2.45. The van der Waals surface area contributed by atoms with Gasteiger partial charge in [-0.05, 0) is 37.5 Å². The summed E-state index contributed by atoms with van der Waals surface area (Å²) in [4.78, 5) is 25.5. The van der Waals surface area contributed by atoms with E-state index in [0.717, 1.165) is 0 Å². The second kappa shape index (κ2) is 15.8. The first-order chi connectivity index (χ1) is 10.2. The zero-order chi connectivity index (χ0) is 16.9. The first-order valence-electron chi connectivity index (χ1n) is 7.55. The molecule has 1 aliphatic heterocycles. The fourth-order valence-corrected chi connectivity index (χ4v) is 2.52. The van der Waals surface area contributed by atoms with Crippen LogP contribution in [0.3, 0.4) is 0 Å². The van der Waals surface area contributed by atoms with E-state index in [9.17, 15) is 9.59 Å². The van der Waals surface area contributed by atoms with Gasteiger partial charge in [-0.1, -0.05) is 64.2 Å². The summed E-state index contributed by atoms with van der Waals surface area (Å²) < 4.78 is 1.17. The molecule has 0 unspecified atom stereocenters. The van der Waals surface area contributed by atoms with E-state index < -0.39 is 5.91 Å². The third-order valence-corrected chi connectivity index (χ3v) is 4.10. The number of carbonyl (C=O) groups is 2.